The minimum absolute atomic E-state index is 0.00382. The number of rotatable bonds is 5. The monoisotopic (exact) mass is 1030 g/mol. The molecule has 0 radical (unpaired) electrons. The zero-order chi connectivity index (χ0) is 55.6. The Morgan fingerprint density at radius 2 is 0.848 bits per heavy atom. The maximum atomic E-state index is 2.65. The molecule has 2 heterocycles. The standard InChI is InChI=1S/C75H76BN3/c1-45-37-67-69-68(38-45)79(53-33-35-57-55-21-17-19-23-59(55)74(13,14)61(57)41-53)66-44-62-58(56-22-18-20-24-60(56)75(62,15)16)43-64(66)76(69)63-36-34-54(42-65(63)78(67)52-31-27-49(28-32-52)72(7,8)9)77(51-29-25-48(26-30-51)71(4,5)6)70-46(2)39-50(40-47(70)3)73(10,11)12/h17-44H,1-16H3. The molecule has 0 saturated heterocycles. The highest BCUT2D eigenvalue weighted by atomic mass is 15.2. The Morgan fingerprint density at radius 3 is 1.42 bits per heavy atom. The predicted molar refractivity (Wildman–Crippen MR) is 341 cm³/mol. The number of anilines is 9. The second kappa shape index (κ2) is 17.2. The van der Waals surface area contributed by atoms with E-state index in [1.807, 2.05) is 0 Å². The fourth-order valence-corrected chi connectivity index (χ4v) is 14.2. The number of nitrogens with zero attached hydrogens (tertiary/aromatic N) is 3. The molecule has 4 heteroatoms. The van der Waals surface area contributed by atoms with E-state index in [0.717, 1.165) is 17.1 Å². The van der Waals surface area contributed by atoms with Crippen LogP contribution in [0.1, 0.15) is 146 Å². The van der Waals surface area contributed by atoms with Gasteiger partial charge in [0.15, 0.2) is 0 Å². The van der Waals surface area contributed by atoms with Crippen molar-refractivity contribution in [3.63, 3.8) is 0 Å². The average molecular weight is 1030 g/mol. The van der Waals surface area contributed by atoms with Crippen LogP contribution in [-0.2, 0) is 27.1 Å². The van der Waals surface area contributed by atoms with Gasteiger partial charge in [0.25, 0.3) is 6.71 Å². The van der Waals surface area contributed by atoms with Gasteiger partial charge in [-0.2, -0.15) is 0 Å². The fourth-order valence-electron chi connectivity index (χ4n) is 14.2. The quantitative estimate of drug-likeness (QED) is 0.159. The molecule has 2 aliphatic carbocycles. The lowest BCUT2D eigenvalue weighted by atomic mass is 9.33. The molecule has 0 atom stereocenters. The second-order valence-electron chi connectivity index (χ2n) is 27.7. The molecular weight excluding hydrogens is 954 g/mol. The molecule has 0 fully saturated rings. The van der Waals surface area contributed by atoms with E-state index in [1.54, 1.807) is 0 Å². The number of hydrogen-bond acceptors (Lipinski definition) is 3. The van der Waals surface area contributed by atoms with Crippen LogP contribution in [0.2, 0.25) is 0 Å². The SMILES string of the molecule is Cc1cc2c3c(c1)N(c1ccc4c(c1)C(C)(C)c1ccccc1-4)c1cc4c(cc1B3c1ccc(N(c3ccc(C(C)(C)C)cc3)c3c(C)cc(C(C)(C)C)cc3C)cc1N2c1ccc(C(C)(C)C)cc1)-c1ccccc1C4(C)C. The second-order valence-corrected chi connectivity index (χ2v) is 27.7. The van der Waals surface area contributed by atoms with Gasteiger partial charge in [0.05, 0.1) is 5.69 Å². The molecule has 9 aromatic carbocycles. The molecule has 0 unspecified atom stereocenters. The Kier molecular flexibility index (Phi) is 11.1. The van der Waals surface area contributed by atoms with E-state index in [9.17, 15) is 0 Å². The Hall–Kier alpha value is -7.56. The predicted octanol–water partition coefficient (Wildman–Crippen LogP) is 18.7. The highest BCUT2D eigenvalue weighted by Crippen LogP contribution is 2.55. The Morgan fingerprint density at radius 1 is 0.380 bits per heavy atom. The van der Waals surface area contributed by atoms with Crippen molar-refractivity contribution in [2.75, 3.05) is 14.7 Å². The Labute approximate surface area is 472 Å². The molecule has 0 saturated carbocycles. The Balaban J connectivity index is 1.10. The van der Waals surface area contributed by atoms with Gasteiger partial charge in [-0.1, -0.05) is 193 Å². The summed E-state index contributed by atoms with van der Waals surface area (Å²) in [6, 6.07) is 66.7. The van der Waals surface area contributed by atoms with Crippen LogP contribution in [0.5, 0.6) is 0 Å². The maximum Gasteiger partial charge on any atom is 0.252 e. The molecule has 13 rings (SSSR count). The van der Waals surface area contributed by atoms with Crippen molar-refractivity contribution in [3.8, 4) is 22.3 Å². The lowest BCUT2D eigenvalue weighted by molar-refractivity contribution is 0.589. The lowest BCUT2D eigenvalue weighted by Gasteiger charge is -2.45. The summed E-state index contributed by atoms with van der Waals surface area (Å²) in [5.41, 5.74) is 33.1. The van der Waals surface area contributed by atoms with Crippen LogP contribution in [-0.4, -0.2) is 6.71 Å². The van der Waals surface area contributed by atoms with Crippen molar-refractivity contribution in [2.24, 2.45) is 0 Å². The first-order chi connectivity index (χ1) is 37.3. The van der Waals surface area contributed by atoms with Gasteiger partial charge in [-0.05, 0) is 198 Å². The van der Waals surface area contributed by atoms with Crippen LogP contribution >= 0.6 is 0 Å². The minimum Gasteiger partial charge on any atom is -0.311 e. The molecule has 394 valence electrons. The van der Waals surface area contributed by atoms with Crippen molar-refractivity contribution in [3.05, 3.63) is 225 Å². The summed E-state index contributed by atoms with van der Waals surface area (Å²) in [6.45, 7) is 37.3. The highest BCUT2D eigenvalue weighted by molar-refractivity contribution is 7.00. The van der Waals surface area contributed by atoms with Gasteiger partial charge in [-0.25, -0.2) is 0 Å². The van der Waals surface area contributed by atoms with E-state index in [0.29, 0.717) is 0 Å². The molecule has 0 bridgehead atoms. The third-order valence-electron chi connectivity index (χ3n) is 18.5. The number of aryl methyl sites for hydroxylation is 3. The molecule has 0 aromatic heterocycles. The first-order valence-electron chi connectivity index (χ1n) is 28.9. The summed E-state index contributed by atoms with van der Waals surface area (Å²) in [7, 11) is 0. The van der Waals surface area contributed by atoms with Crippen LogP contribution in [0.15, 0.2) is 170 Å². The van der Waals surface area contributed by atoms with E-state index in [-0.39, 0.29) is 33.8 Å². The fraction of sp³-hybridized carbons (Fsp3) is 0.280. The van der Waals surface area contributed by atoms with E-state index >= 15 is 0 Å². The third-order valence-corrected chi connectivity index (χ3v) is 18.5. The molecule has 0 N–H and O–H groups in total. The summed E-state index contributed by atoms with van der Waals surface area (Å²) >= 11 is 0. The Bertz CT molecular complexity index is 3980. The summed E-state index contributed by atoms with van der Waals surface area (Å²) in [6.07, 6.45) is 0. The zero-order valence-corrected chi connectivity index (χ0v) is 49.6. The van der Waals surface area contributed by atoms with Crippen molar-refractivity contribution >= 4 is 74.3 Å². The molecule has 79 heavy (non-hydrogen) atoms. The summed E-state index contributed by atoms with van der Waals surface area (Å²) in [5, 5.41) is 0. The molecule has 4 aliphatic rings. The molecule has 0 amide bonds. The van der Waals surface area contributed by atoms with Crippen molar-refractivity contribution in [1.29, 1.82) is 0 Å². The van der Waals surface area contributed by atoms with E-state index in [1.165, 1.54) is 128 Å². The van der Waals surface area contributed by atoms with E-state index < -0.39 is 0 Å². The first kappa shape index (κ1) is 50.9. The van der Waals surface area contributed by atoms with Gasteiger partial charge in [-0.3, -0.25) is 0 Å². The van der Waals surface area contributed by atoms with Crippen LogP contribution in [0.3, 0.4) is 0 Å². The summed E-state index contributed by atoms with van der Waals surface area (Å²) < 4.78 is 0. The van der Waals surface area contributed by atoms with Gasteiger partial charge >= 0.3 is 0 Å². The molecule has 9 aromatic rings. The molecular formula is C75H76BN3. The minimum atomic E-state index is -0.183. The van der Waals surface area contributed by atoms with Gasteiger partial charge in [0.2, 0.25) is 0 Å². The number of hydrogen-bond donors (Lipinski definition) is 0. The average Bonchev–Trinajstić information content (AvgIpc) is 3.56. The smallest absolute Gasteiger partial charge is 0.252 e. The molecule has 0 spiro atoms. The number of benzene rings is 9. The van der Waals surface area contributed by atoms with Crippen LogP contribution < -0.4 is 31.1 Å². The first-order valence-corrected chi connectivity index (χ1v) is 28.9. The number of fused-ring (bicyclic) bond motifs is 10. The maximum absolute atomic E-state index is 2.65. The topological polar surface area (TPSA) is 9.72 Å². The third kappa shape index (κ3) is 7.74. The van der Waals surface area contributed by atoms with E-state index in [4.69, 9.17) is 0 Å². The van der Waals surface area contributed by atoms with Gasteiger partial charge < -0.3 is 14.7 Å². The zero-order valence-electron chi connectivity index (χ0n) is 49.6. The van der Waals surface area contributed by atoms with Crippen molar-refractivity contribution in [2.45, 2.75) is 138 Å². The summed E-state index contributed by atoms with van der Waals surface area (Å²) in [4.78, 5) is 7.79. The van der Waals surface area contributed by atoms with Crippen molar-refractivity contribution in [1.82, 2.24) is 0 Å². The van der Waals surface area contributed by atoms with Crippen LogP contribution in [0.25, 0.3) is 22.3 Å². The van der Waals surface area contributed by atoms with Gasteiger partial charge in [0.1, 0.15) is 0 Å². The van der Waals surface area contributed by atoms with Gasteiger partial charge in [-0.15, -0.1) is 0 Å². The molecule has 3 nitrogen and oxygen atoms in total. The van der Waals surface area contributed by atoms with Crippen LogP contribution in [0.4, 0.5) is 51.2 Å². The summed E-state index contributed by atoms with van der Waals surface area (Å²) in [5.74, 6) is 0. The normalized spacial score (nSPS) is 15.2. The van der Waals surface area contributed by atoms with Crippen LogP contribution in [0, 0.1) is 20.8 Å². The molecule has 2 aliphatic heterocycles. The lowest BCUT2D eigenvalue weighted by Crippen LogP contribution is -2.61. The largest absolute Gasteiger partial charge is 0.311 e. The van der Waals surface area contributed by atoms with E-state index in [2.05, 4.69) is 295 Å². The van der Waals surface area contributed by atoms with Crippen molar-refractivity contribution < 1.29 is 0 Å². The highest BCUT2D eigenvalue weighted by Gasteiger charge is 2.47. The van der Waals surface area contributed by atoms with Gasteiger partial charge in [0, 0.05) is 56.3 Å².